The van der Waals surface area contributed by atoms with Gasteiger partial charge in [0, 0.05) is 0 Å². The summed E-state index contributed by atoms with van der Waals surface area (Å²) in [5, 5.41) is 9.88. The Morgan fingerprint density at radius 1 is 1.11 bits per heavy atom. The summed E-state index contributed by atoms with van der Waals surface area (Å²) in [6.45, 7) is 0. The van der Waals surface area contributed by atoms with Crippen molar-refractivity contribution in [3.63, 3.8) is 0 Å². The van der Waals surface area contributed by atoms with E-state index in [1.807, 2.05) is 47.8 Å². The highest BCUT2D eigenvalue weighted by Gasteiger charge is 2.15. The van der Waals surface area contributed by atoms with Crippen molar-refractivity contribution >= 4 is 22.1 Å². The maximum absolute atomic E-state index is 12.1. The first-order valence-electron chi connectivity index (χ1n) is 5.62. The molecule has 0 bridgehead atoms. The van der Waals surface area contributed by atoms with E-state index >= 15 is 0 Å². The molecule has 0 radical (unpaired) electrons. The van der Waals surface area contributed by atoms with Crippen molar-refractivity contribution in [2.75, 3.05) is 0 Å². The van der Waals surface area contributed by atoms with Crippen LogP contribution in [0.25, 0.3) is 10.8 Å². The van der Waals surface area contributed by atoms with E-state index in [2.05, 4.69) is 10.2 Å². The molecule has 6 heteroatoms. The molecule has 96 valence electrons. The minimum atomic E-state index is -1.31. The van der Waals surface area contributed by atoms with Gasteiger partial charge in [-0.25, -0.2) is 4.21 Å². The van der Waals surface area contributed by atoms with E-state index in [-0.39, 0.29) is 5.22 Å². The molecule has 3 aromatic rings. The lowest BCUT2D eigenvalue weighted by Crippen LogP contribution is -1.96. The molecule has 1 atom stereocenters. The van der Waals surface area contributed by atoms with Crippen LogP contribution in [0.1, 0.15) is 5.56 Å². The van der Waals surface area contributed by atoms with Gasteiger partial charge in [0.25, 0.3) is 5.89 Å². The predicted molar refractivity (Wildman–Crippen MR) is 74.2 cm³/mol. The van der Waals surface area contributed by atoms with Crippen LogP contribution < -0.4 is 0 Å². The van der Waals surface area contributed by atoms with Crippen LogP contribution in [0, 0.1) is 0 Å². The number of hydrogen-bond donors (Lipinski definition) is 0. The standard InChI is InChI=1S/C13H10N2O2S2/c16-19(9-10-5-2-1-3-6-10)13-15-14-12(17-13)11-7-4-8-18-11/h1-8H,9H2. The summed E-state index contributed by atoms with van der Waals surface area (Å²) in [6, 6.07) is 13.4. The van der Waals surface area contributed by atoms with Crippen molar-refractivity contribution in [2.45, 2.75) is 11.0 Å². The van der Waals surface area contributed by atoms with Gasteiger partial charge in [-0.15, -0.1) is 16.4 Å². The minimum absolute atomic E-state index is 0.173. The van der Waals surface area contributed by atoms with E-state index < -0.39 is 10.8 Å². The SMILES string of the molecule is O=S(Cc1ccccc1)c1nnc(-c2cccs2)o1. The van der Waals surface area contributed by atoms with Gasteiger partial charge in [-0.1, -0.05) is 41.5 Å². The molecule has 0 saturated carbocycles. The molecule has 2 aromatic heterocycles. The maximum atomic E-state index is 12.1. The molecule has 0 amide bonds. The number of aromatic nitrogens is 2. The molecule has 0 aliphatic carbocycles. The average Bonchev–Trinajstić information content (AvgIpc) is 3.11. The minimum Gasteiger partial charge on any atom is -0.409 e. The van der Waals surface area contributed by atoms with Crippen LogP contribution in [0.5, 0.6) is 0 Å². The van der Waals surface area contributed by atoms with Gasteiger partial charge in [0.15, 0.2) is 0 Å². The van der Waals surface area contributed by atoms with Gasteiger partial charge in [-0.3, -0.25) is 0 Å². The molecule has 0 saturated heterocycles. The highest BCUT2D eigenvalue weighted by molar-refractivity contribution is 7.84. The highest BCUT2D eigenvalue weighted by atomic mass is 32.2. The third-order valence-electron chi connectivity index (χ3n) is 2.47. The summed E-state index contributed by atoms with van der Waals surface area (Å²) in [6.07, 6.45) is 0. The lowest BCUT2D eigenvalue weighted by molar-refractivity contribution is 0.456. The third kappa shape index (κ3) is 2.80. The number of benzene rings is 1. The van der Waals surface area contributed by atoms with Crippen LogP contribution in [0.2, 0.25) is 0 Å². The highest BCUT2D eigenvalue weighted by Crippen LogP contribution is 2.24. The Labute approximate surface area is 116 Å². The van der Waals surface area contributed by atoms with Crippen LogP contribution >= 0.6 is 11.3 Å². The van der Waals surface area contributed by atoms with Crippen LogP contribution in [-0.2, 0) is 16.6 Å². The number of thiophene rings is 1. The second-order valence-corrected chi connectivity index (χ2v) is 6.10. The van der Waals surface area contributed by atoms with Crippen molar-refractivity contribution in [3.05, 3.63) is 53.4 Å². The van der Waals surface area contributed by atoms with E-state index in [1.165, 1.54) is 11.3 Å². The van der Waals surface area contributed by atoms with Gasteiger partial charge in [-0.2, -0.15) is 0 Å². The third-order valence-corrected chi connectivity index (χ3v) is 4.48. The van der Waals surface area contributed by atoms with Gasteiger partial charge >= 0.3 is 5.22 Å². The lowest BCUT2D eigenvalue weighted by Gasteiger charge is -1.97. The largest absolute Gasteiger partial charge is 0.409 e. The van der Waals surface area contributed by atoms with E-state index in [0.29, 0.717) is 11.6 Å². The van der Waals surface area contributed by atoms with Crippen molar-refractivity contribution in [1.82, 2.24) is 10.2 Å². The molecule has 0 aliphatic heterocycles. The topological polar surface area (TPSA) is 56.0 Å². The monoisotopic (exact) mass is 290 g/mol. The molecule has 3 rings (SSSR count). The molecule has 0 fully saturated rings. The Morgan fingerprint density at radius 3 is 2.68 bits per heavy atom. The molecule has 0 spiro atoms. The molecule has 4 nitrogen and oxygen atoms in total. The Hall–Kier alpha value is -1.79. The molecule has 0 aliphatic rings. The van der Waals surface area contributed by atoms with Gasteiger partial charge in [0.2, 0.25) is 0 Å². The van der Waals surface area contributed by atoms with E-state index in [9.17, 15) is 4.21 Å². The normalized spacial score (nSPS) is 12.4. The first kappa shape index (κ1) is 12.3. The van der Waals surface area contributed by atoms with Gasteiger partial charge < -0.3 is 4.42 Å². The maximum Gasteiger partial charge on any atom is 0.308 e. The van der Waals surface area contributed by atoms with Crippen molar-refractivity contribution in [2.24, 2.45) is 0 Å². The van der Waals surface area contributed by atoms with Crippen LogP contribution in [0.3, 0.4) is 0 Å². The second kappa shape index (κ2) is 5.46. The first-order valence-corrected chi connectivity index (χ1v) is 7.82. The van der Waals surface area contributed by atoms with E-state index in [0.717, 1.165) is 10.4 Å². The van der Waals surface area contributed by atoms with E-state index in [1.54, 1.807) is 0 Å². The Kier molecular flexibility index (Phi) is 3.52. The molecule has 1 unspecified atom stereocenters. The molecule has 19 heavy (non-hydrogen) atoms. The molecular weight excluding hydrogens is 280 g/mol. The predicted octanol–water partition coefficient (Wildman–Crippen LogP) is 3.11. The number of hydrogen-bond acceptors (Lipinski definition) is 5. The summed E-state index contributed by atoms with van der Waals surface area (Å²) in [5.74, 6) is 0.804. The van der Waals surface area contributed by atoms with Gasteiger partial charge in [-0.05, 0) is 17.0 Å². The zero-order chi connectivity index (χ0) is 13.1. The van der Waals surface area contributed by atoms with Crippen LogP contribution in [0.15, 0.2) is 57.5 Å². The Morgan fingerprint density at radius 2 is 1.95 bits per heavy atom. The zero-order valence-electron chi connectivity index (χ0n) is 9.85. The van der Waals surface area contributed by atoms with E-state index in [4.69, 9.17) is 4.42 Å². The Bertz CT molecular complexity index is 678. The number of nitrogens with zero attached hydrogens (tertiary/aromatic N) is 2. The summed E-state index contributed by atoms with van der Waals surface area (Å²) in [5.41, 5.74) is 0.983. The fourth-order valence-corrected chi connectivity index (χ4v) is 3.16. The Balaban J connectivity index is 1.78. The first-order chi connectivity index (χ1) is 9.33. The molecular formula is C13H10N2O2S2. The average molecular weight is 290 g/mol. The van der Waals surface area contributed by atoms with Crippen molar-refractivity contribution < 1.29 is 8.63 Å². The second-order valence-electron chi connectivity index (χ2n) is 3.83. The molecule has 1 aromatic carbocycles. The molecule has 2 heterocycles. The summed E-state index contributed by atoms with van der Waals surface area (Å²) in [4.78, 5) is 0.885. The summed E-state index contributed by atoms with van der Waals surface area (Å²) >= 11 is 1.51. The van der Waals surface area contributed by atoms with Gasteiger partial charge in [0.1, 0.15) is 10.8 Å². The van der Waals surface area contributed by atoms with Crippen LogP contribution in [0.4, 0.5) is 0 Å². The van der Waals surface area contributed by atoms with Crippen molar-refractivity contribution in [1.29, 1.82) is 0 Å². The zero-order valence-corrected chi connectivity index (χ0v) is 11.5. The number of rotatable bonds is 4. The fourth-order valence-electron chi connectivity index (χ4n) is 1.59. The van der Waals surface area contributed by atoms with Crippen molar-refractivity contribution in [3.8, 4) is 10.8 Å². The van der Waals surface area contributed by atoms with Crippen LogP contribution in [-0.4, -0.2) is 14.4 Å². The van der Waals surface area contributed by atoms with Gasteiger partial charge in [0.05, 0.1) is 10.6 Å². The quantitative estimate of drug-likeness (QED) is 0.741. The summed E-state index contributed by atoms with van der Waals surface area (Å²) in [7, 11) is -1.31. The fraction of sp³-hybridized carbons (Fsp3) is 0.0769. The lowest BCUT2D eigenvalue weighted by atomic mass is 10.2. The summed E-state index contributed by atoms with van der Waals surface area (Å²) < 4.78 is 17.6. The smallest absolute Gasteiger partial charge is 0.308 e. The molecule has 0 N–H and O–H groups in total.